The second kappa shape index (κ2) is 10.0. The third kappa shape index (κ3) is 5.53. The van der Waals surface area contributed by atoms with Crippen molar-refractivity contribution in [3.63, 3.8) is 0 Å². The third-order valence-electron chi connectivity index (χ3n) is 6.65. The molecule has 1 aromatic rings. The maximum atomic E-state index is 12.7. The van der Waals surface area contributed by atoms with E-state index in [0.717, 1.165) is 31.6 Å². The Bertz CT molecular complexity index is 575. The van der Waals surface area contributed by atoms with Gasteiger partial charge in [0, 0.05) is 25.2 Å². The lowest BCUT2D eigenvalue weighted by molar-refractivity contribution is -0.127. The molecule has 0 bridgehead atoms. The molecule has 2 nitrogen and oxygen atoms in total. The number of Topliss-reactive ketones (excluding diaryl/α,β-unsaturated/α-hetero) is 2. The molecule has 0 spiro atoms. The van der Waals surface area contributed by atoms with Crippen molar-refractivity contribution in [1.82, 2.24) is 0 Å². The number of ketones is 2. The normalized spacial score (nSPS) is 25.5. The smallest absolute Gasteiger partial charge is 0.136 e. The van der Waals surface area contributed by atoms with Crippen LogP contribution in [0.4, 0.5) is 0 Å². The first-order chi connectivity index (χ1) is 12.7. The molecule has 0 aliphatic heterocycles. The summed E-state index contributed by atoms with van der Waals surface area (Å²) in [5.41, 5.74) is 1.23. The number of fused-ring (bicyclic) bond motifs is 1. The average Bonchev–Trinajstić information content (AvgIpc) is 2.70. The quantitative estimate of drug-likeness (QED) is 0.515. The summed E-state index contributed by atoms with van der Waals surface area (Å²) < 4.78 is 0. The highest BCUT2D eigenvalue weighted by atomic mass is 16.1. The lowest BCUT2D eigenvalue weighted by Crippen LogP contribution is -2.35. The summed E-state index contributed by atoms with van der Waals surface area (Å²) in [6.45, 7) is 0. The maximum absolute atomic E-state index is 12.7. The summed E-state index contributed by atoms with van der Waals surface area (Å²) in [4.78, 5) is 24.8. The van der Waals surface area contributed by atoms with E-state index < -0.39 is 0 Å². The first kappa shape index (κ1) is 19.3. The lowest BCUT2D eigenvalue weighted by Gasteiger charge is -2.40. The molecule has 2 heteroatoms. The summed E-state index contributed by atoms with van der Waals surface area (Å²) in [5, 5.41) is 0. The average molecular weight is 355 g/mol. The molecule has 0 heterocycles. The molecule has 142 valence electrons. The minimum Gasteiger partial charge on any atom is -0.300 e. The van der Waals surface area contributed by atoms with Crippen LogP contribution in [0.3, 0.4) is 0 Å². The van der Waals surface area contributed by atoms with Crippen molar-refractivity contribution in [2.24, 2.45) is 17.8 Å². The molecule has 3 unspecified atom stereocenters. The van der Waals surface area contributed by atoms with E-state index in [9.17, 15) is 9.59 Å². The number of unbranched alkanes of at least 4 members (excludes halogenated alkanes) is 1. The van der Waals surface area contributed by atoms with Gasteiger partial charge >= 0.3 is 0 Å². The number of carbonyl (C=O) groups is 2. The van der Waals surface area contributed by atoms with Crippen LogP contribution in [-0.4, -0.2) is 11.6 Å². The van der Waals surface area contributed by atoms with E-state index >= 15 is 0 Å². The highest BCUT2D eigenvalue weighted by Crippen LogP contribution is 2.44. The van der Waals surface area contributed by atoms with E-state index in [1.807, 2.05) is 18.2 Å². The predicted octanol–water partition coefficient (Wildman–Crippen LogP) is 5.92. The van der Waals surface area contributed by atoms with Crippen molar-refractivity contribution < 1.29 is 9.59 Å². The Morgan fingerprint density at radius 3 is 2.38 bits per heavy atom. The van der Waals surface area contributed by atoms with Crippen molar-refractivity contribution in [2.75, 3.05) is 0 Å². The van der Waals surface area contributed by atoms with E-state index in [1.165, 1.54) is 44.1 Å². The zero-order valence-corrected chi connectivity index (χ0v) is 16.1. The van der Waals surface area contributed by atoms with Crippen LogP contribution in [0.5, 0.6) is 0 Å². The van der Waals surface area contributed by atoms with Gasteiger partial charge in [-0.1, -0.05) is 62.4 Å². The molecule has 1 aromatic carbocycles. The van der Waals surface area contributed by atoms with Gasteiger partial charge in [0.2, 0.25) is 0 Å². The van der Waals surface area contributed by atoms with E-state index in [2.05, 4.69) is 12.1 Å². The Morgan fingerprint density at radius 2 is 1.54 bits per heavy atom. The Kier molecular flexibility index (Phi) is 7.46. The van der Waals surface area contributed by atoms with Gasteiger partial charge < -0.3 is 0 Å². The second-order valence-electron chi connectivity index (χ2n) is 8.44. The first-order valence-electron chi connectivity index (χ1n) is 10.8. The minimum atomic E-state index is 0.336. The van der Waals surface area contributed by atoms with Crippen LogP contribution in [0.1, 0.15) is 82.6 Å². The number of hydrogen-bond acceptors (Lipinski definition) is 2. The van der Waals surface area contributed by atoms with Crippen LogP contribution in [0.2, 0.25) is 0 Å². The fraction of sp³-hybridized carbons (Fsp3) is 0.667. The zero-order chi connectivity index (χ0) is 18.2. The van der Waals surface area contributed by atoms with Crippen LogP contribution in [-0.2, 0) is 16.0 Å². The molecule has 0 aromatic heterocycles. The fourth-order valence-corrected chi connectivity index (χ4v) is 5.20. The van der Waals surface area contributed by atoms with Gasteiger partial charge in [-0.2, -0.15) is 0 Å². The summed E-state index contributed by atoms with van der Waals surface area (Å²) in [6.07, 6.45) is 13.6. The summed E-state index contributed by atoms with van der Waals surface area (Å²) in [6, 6.07) is 10.2. The van der Waals surface area contributed by atoms with Crippen LogP contribution in [0.15, 0.2) is 30.3 Å². The number of benzene rings is 1. The molecule has 0 saturated heterocycles. The Balaban J connectivity index is 1.32. The van der Waals surface area contributed by atoms with Crippen molar-refractivity contribution in [3.8, 4) is 0 Å². The molecule has 0 radical (unpaired) electrons. The molecule has 2 aliphatic carbocycles. The van der Waals surface area contributed by atoms with Gasteiger partial charge in [0.1, 0.15) is 11.6 Å². The molecule has 2 aliphatic rings. The number of aryl methyl sites for hydroxylation is 1. The van der Waals surface area contributed by atoms with Crippen molar-refractivity contribution in [3.05, 3.63) is 35.9 Å². The molecule has 2 saturated carbocycles. The molecule has 3 rings (SSSR count). The molecule has 0 N–H and O–H groups in total. The number of hydrogen-bond donors (Lipinski definition) is 0. The molecule has 0 amide bonds. The summed E-state index contributed by atoms with van der Waals surface area (Å²) in [7, 11) is 0. The van der Waals surface area contributed by atoms with E-state index in [4.69, 9.17) is 0 Å². The number of carbonyl (C=O) groups excluding carboxylic acids is 2. The van der Waals surface area contributed by atoms with E-state index in [-0.39, 0.29) is 0 Å². The van der Waals surface area contributed by atoms with Gasteiger partial charge in [-0.05, 0) is 49.5 Å². The lowest BCUT2D eigenvalue weighted by atomic mass is 9.64. The first-order valence-corrected chi connectivity index (χ1v) is 10.8. The molecule has 3 atom stereocenters. The highest BCUT2D eigenvalue weighted by Gasteiger charge is 2.37. The standard InChI is InChI=1S/C24H34O2/c25-21(18-17-19-9-2-1-3-10-19)13-5-7-16-24(26)23-15-8-12-20-11-4-6-14-22(20)23/h1-3,9-10,20,22-23H,4-8,11-18H2. The maximum Gasteiger partial charge on any atom is 0.136 e. The van der Waals surface area contributed by atoms with Gasteiger partial charge in [-0.25, -0.2) is 0 Å². The summed E-state index contributed by atoms with van der Waals surface area (Å²) in [5.74, 6) is 2.68. The van der Waals surface area contributed by atoms with Crippen molar-refractivity contribution in [1.29, 1.82) is 0 Å². The van der Waals surface area contributed by atoms with E-state index in [1.54, 1.807) is 0 Å². The predicted molar refractivity (Wildman–Crippen MR) is 106 cm³/mol. The van der Waals surface area contributed by atoms with Crippen LogP contribution >= 0.6 is 0 Å². The monoisotopic (exact) mass is 354 g/mol. The molecular formula is C24H34O2. The van der Waals surface area contributed by atoms with Crippen molar-refractivity contribution >= 4 is 11.6 Å². The summed E-state index contributed by atoms with van der Waals surface area (Å²) >= 11 is 0. The van der Waals surface area contributed by atoms with Gasteiger partial charge in [0.05, 0.1) is 0 Å². The van der Waals surface area contributed by atoms with Gasteiger partial charge in [0.15, 0.2) is 0 Å². The van der Waals surface area contributed by atoms with Gasteiger partial charge in [-0.15, -0.1) is 0 Å². The van der Waals surface area contributed by atoms with Gasteiger partial charge in [0.25, 0.3) is 0 Å². The third-order valence-corrected chi connectivity index (χ3v) is 6.65. The van der Waals surface area contributed by atoms with Crippen LogP contribution < -0.4 is 0 Å². The number of rotatable bonds is 9. The zero-order valence-electron chi connectivity index (χ0n) is 16.1. The second-order valence-corrected chi connectivity index (χ2v) is 8.44. The Labute approximate surface area is 158 Å². The Hall–Kier alpha value is -1.44. The highest BCUT2D eigenvalue weighted by molar-refractivity contribution is 5.81. The fourth-order valence-electron chi connectivity index (χ4n) is 5.20. The topological polar surface area (TPSA) is 34.1 Å². The van der Waals surface area contributed by atoms with Gasteiger partial charge in [-0.3, -0.25) is 9.59 Å². The molecule has 26 heavy (non-hydrogen) atoms. The SMILES string of the molecule is O=C(CCCCC(=O)C1CCCC2CCCCC21)CCc1ccccc1. The minimum absolute atomic E-state index is 0.336. The van der Waals surface area contributed by atoms with Crippen LogP contribution in [0, 0.1) is 17.8 Å². The van der Waals surface area contributed by atoms with E-state index in [0.29, 0.717) is 42.7 Å². The Morgan fingerprint density at radius 1 is 0.808 bits per heavy atom. The van der Waals surface area contributed by atoms with Crippen molar-refractivity contribution in [2.45, 2.75) is 83.5 Å². The molecular weight excluding hydrogens is 320 g/mol. The largest absolute Gasteiger partial charge is 0.300 e. The molecule has 2 fully saturated rings. The van der Waals surface area contributed by atoms with Crippen LogP contribution in [0.25, 0.3) is 0 Å².